The van der Waals surface area contributed by atoms with Gasteiger partial charge in [0.2, 0.25) is 5.88 Å². The Morgan fingerprint density at radius 2 is 2.22 bits per heavy atom. The van der Waals surface area contributed by atoms with Crippen molar-refractivity contribution in [1.82, 2.24) is 9.97 Å². The predicted octanol–water partition coefficient (Wildman–Crippen LogP) is 4.04. The summed E-state index contributed by atoms with van der Waals surface area (Å²) >= 11 is 6.00. The van der Waals surface area contributed by atoms with Gasteiger partial charge in [-0.25, -0.2) is 4.98 Å². The third kappa shape index (κ3) is 3.84. The minimum Gasteiger partial charge on any atom is -0.474 e. The van der Waals surface area contributed by atoms with Gasteiger partial charge in [-0.15, -0.1) is 0 Å². The molecule has 4 heteroatoms. The maximum absolute atomic E-state index is 6.00. The van der Waals surface area contributed by atoms with Crippen molar-refractivity contribution in [3.63, 3.8) is 0 Å². The van der Waals surface area contributed by atoms with E-state index in [-0.39, 0.29) is 6.10 Å². The summed E-state index contributed by atoms with van der Waals surface area (Å²) in [5.41, 5.74) is 0. The first-order valence-electron chi connectivity index (χ1n) is 6.87. The quantitative estimate of drug-likeness (QED) is 0.773. The summed E-state index contributed by atoms with van der Waals surface area (Å²) in [5.74, 6) is 2.16. The van der Waals surface area contributed by atoms with Gasteiger partial charge in [-0.3, -0.25) is 0 Å². The highest BCUT2D eigenvalue weighted by Gasteiger charge is 2.21. The molecule has 1 aliphatic rings. The van der Waals surface area contributed by atoms with Crippen LogP contribution in [0.4, 0.5) is 0 Å². The van der Waals surface area contributed by atoms with Crippen molar-refractivity contribution in [2.45, 2.75) is 58.5 Å². The van der Waals surface area contributed by atoms with Gasteiger partial charge in [0, 0.05) is 12.5 Å². The average Bonchev–Trinajstić information content (AvgIpc) is 2.28. The Bertz CT molecular complexity index is 397. The second kappa shape index (κ2) is 6.37. The third-order valence-corrected chi connectivity index (χ3v) is 3.56. The standard InChI is InChI=1S/C14H21ClN2O/c1-3-5-13-16-12(15)9-14(17-13)18-11-7-4-6-10(2)8-11/h9-11H,3-8H2,1-2H3. The molecule has 0 aromatic carbocycles. The van der Waals surface area contributed by atoms with Crippen LogP contribution in [0.25, 0.3) is 0 Å². The number of hydrogen-bond acceptors (Lipinski definition) is 3. The van der Waals surface area contributed by atoms with Crippen LogP contribution in [0.3, 0.4) is 0 Å². The Morgan fingerprint density at radius 3 is 2.94 bits per heavy atom. The lowest BCUT2D eigenvalue weighted by Gasteiger charge is -2.26. The van der Waals surface area contributed by atoms with Gasteiger partial charge >= 0.3 is 0 Å². The molecule has 2 rings (SSSR count). The summed E-state index contributed by atoms with van der Waals surface area (Å²) in [5, 5.41) is 0.479. The van der Waals surface area contributed by atoms with Crippen LogP contribution in [0.15, 0.2) is 6.07 Å². The van der Waals surface area contributed by atoms with Crippen molar-refractivity contribution in [3.8, 4) is 5.88 Å². The minimum absolute atomic E-state index is 0.286. The number of hydrogen-bond donors (Lipinski definition) is 0. The van der Waals surface area contributed by atoms with Crippen molar-refractivity contribution >= 4 is 11.6 Å². The molecule has 0 aliphatic heterocycles. The number of aromatic nitrogens is 2. The third-order valence-electron chi connectivity index (χ3n) is 3.37. The summed E-state index contributed by atoms with van der Waals surface area (Å²) in [6.07, 6.45) is 6.94. The van der Waals surface area contributed by atoms with Gasteiger partial charge in [-0.05, 0) is 31.6 Å². The molecular formula is C14H21ClN2O. The lowest BCUT2D eigenvalue weighted by Crippen LogP contribution is -2.24. The molecule has 2 atom stereocenters. The molecule has 0 spiro atoms. The maximum Gasteiger partial charge on any atom is 0.218 e. The fourth-order valence-electron chi connectivity index (χ4n) is 2.49. The SMILES string of the molecule is CCCc1nc(Cl)cc(OC2CCCC(C)C2)n1. The van der Waals surface area contributed by atoms with Gasteiger partial charge in [0.1, 0.15) is 17.1 Å². The van der Waals surface area contributed by atoms with E-state index in [2.05, 4.69) is 23.8 Å². The van der Waals surface area contributed by atoms with Gasteiger partial charge in [-0.2, -0.15) is 4.98 Å². The van der Waals surface area contributed by atoms with Crippen LogP contribution in [-0.2, 0) is 6.42 Å². The second-order valence-corrected chi connectivity index (χ2v) is 5.59. The number of halogens is 1. The molecular weight excluding hydrogens is 248 g/mol. The first kappa shape index (κ1) is 13.6. The van der Waals surface area contributed by atoms with E-state index in [1.165, 1.54) is 12.8 Å². The average molecular weight is 269 g/mol. The minimum atomic E-state index is 0.286. The van der Waals surface area contributed by atoms with Crippen LogP contribution in [0, 0.1) is 5.92 Å². The summed E-state index contributed by atoms with van der Waals surface area (Å²) in [7, 11) is 0. The number of nitrogens with zero attached hydrogens (tertiary/aromatic N) is 2. The Morgan fingerprint density at radius 1 is 1.39 bits per heavy atom. The van der Waals surface area contributed by atoms with Crippen LogP contribution in [-0.4, -0.2) is 16.1 Å². The van der Waals surface area contributed by atoms with E-state index in [0.29, 0.717) is 11.0 Å². The van der Waals surface area contributed by atoms with E-state index in [4.69, 9.17) is 16.3 Å². The molecule has 100 valence electrons. The normalized spacial score (nSPS) is 23.9. The molecule has 0 amide bonds. The zero-order chi connectivity index (χ0) is 13.0. The molecule has 1 aromatic rings. The number of ether oxygens (including phenoxy) is 1. The Labute approximate surface area is 114 Å². The molecule has 0 radical (unpaired) electrons. The molecule has 18 heavy (non-hydrogen) atoms. The Hall–Kier alpha value is -0.830. The molecule has 1 aromatic heterocycles. The first-order valence-corrected chi connectivity index (χ1v) is 7.25. The van der Waals surface area contributed by atoms with E-state index >= 15 is 0 Å². The van der Waals surface area contributed by atoms with Crippen LogP contribution in [0.2, 0.25) is 5.15 Å². The van der Waals surface area contributed by atoms with Crippen molar-refractivity contribution < 1.29 is 4.74 Å². The van der Waals surface area contributed by atoms with E-state index in [0.717, 1.165) is 37.4 Å². The molecule has 3 nitrogen and oxygen atoms in total. The van der Waals surface area contributed by atoms with Gasteiger partial charge in [0.25, 0.3) is 0 Å². The van der Waals surface area contributed by atoms with Crippen LogP contribution >= 0.6 is 11.6 Å². The number of aryl methyl sites for hydroxylation is 1. The zero-order valence-corrected chi connectivity index (χ0v) is 11.9. The van der Waals surface area contributed by atoms with Crippen LogP contribution in [0.1, 0.15) is 51.8 Å². The highest BCUT2D eigenvalue weighted by atomic mass is 35.5. The van der Waals surface area contributed by atoms with Gasteiger partial charge < -0.3 is 4.74 Å². The second-order valence-electron chi connectivity index (χ2n) is 5.21. The first-order chi connectivity index (χ1) is 8.67. The lowest BCUT2D eigenvalue weighted by atomic mass is 9.89. The van der Waals surface area contributed by atoms with Gasteiger partial charge in [0.15, 0.2) is 0 Å². The maximum atomic E-state index is 6.00. The van der Waals surface area contributed by atoms with Crippen molar-refractivity contribution in [1.29, 1.82) is 0 Å². The van der Waals surface area contributed by atoms with Gasteiger partial charge in [0.05, 0.1) is 0 Å². The van der Waals surface area contributed by atoms with Crippen molar-refractivity contribution in [2.24, 2.45) is 5.92 Å². The summed E-state index contributed by atoms with van der Waals surface area (Å²) < 4.78 is 5.96. The Kier molecular flexibility index (Phi) is 4.81. The number of rotatable bonds is 4. The molecule has 1 aliphatic carbocycles. The molecule has 1 heterocycles. The van der Waals surface area contributed by atoms with Crippen LogP contribution < -0.4 is 4.74 Å². The lowest BCUT2D eigenvalue weighted by molar-refractivity contribution is 0.123. The summed E-state index contributed by atoms with van der Waals surface area (Å²) in [6, 6.07) is 1.72. The van der Waals surface area contributed by atoms with Gasteiger partial charge in [-0.1, -0.05) is 31.9 Å². The van der Waals surface area contributed by atoms with Crippen molar-refractivity contribution in [2.75, 3.05) is 0 Å². The van der Waals surface area contributed by atoms with Crippen LogP contribution in [0.5, 0.6) is 5.88 Å². The molecule has 1 fully saturated rings. The highest BCUT2D eigenvalue weighted by molar-refractivity contribution is 6.29. The van der Waals surface area contributed by atoms with E-state index in [9.17, 15) is 0 Å². The van der Waals surface area contributed by atoms with E-state index in [1.54, 1.807) is 6.07 Å². The largest absolute Gasteiger partial charge is 0.474 e. The smallest absolute Gasteiger partial charge is 0.218 e. The highest BCUT2D eigenvalue weighted by Crippen LogP contribution is 2.27. The molecule has 2 unspecified atom stereocenters. The van der Waals surface area contributed by atoms with E-state index in [1.807, 2.05) is 0 Å². The molecule has 0 bridgehead atoms. The zero-order valence-electron chi connectivity index (χ0n) is 11.2. The fourth-order valence-corrected chi connectivity index (χ4v) is 2.68. The molecule has 0 saturated heterocycles. The predicted molar refractivity (Wildman–Crippen MR) is 73.1 cm³/mol. The fraction of sp³-hybridized carbons (Fsp3) is 0.714. The molecule has 0 N–H and O–H groups in total. The topological polar surface area (TPSA) is 35.0 Å². The van der Waals surface area contributed by atoms with E-state index < -0.39 is 0 Å². The summed E-state index contributed by atoms with van der Waals surface area (Å²) in [6.45, 7) is 4.39. The summed E-state index contributed by atoms with van der Waals surface area (Å²) in [4.78, 5) is 8.63. The molecule has 1 saturated carbocycles. The Balaban J connectivity index is 2.03. The monoisotopic (exact) mass is 268 g/mol. The van der Waals surface area contributed by atoms with Crippen molar-refractivity contribution in [3.05, 3.63) is 17.0 Å².